The molecule has 1 aromatic heterocycles. The Bertz CT molecular complexity index is 507. The minimum atomic E-state index is 0.216. The second kappa shape index (κ2) is 5.94. The summed E-state index contributed by atoms with van der Waals surface area (Å²) in [5.41, 5.74) is 1.27. The quantitative estimate of drug-likeness (QED) is 0.848. The molecule has 1 heterocycles. The number of benzene rings is 1. The molecule has 0 spiro atoms. The Morgan fingerprint density at radius 1 is 1.28 bits per heavy atom. The fourth-order valence-electron chi connectivity index (χ4n) is 1.97. The lowest BCUT2D eigenvalue weighted by Crippen LogP contribution is -2.33. The molecule has 0 bridgehead atoms. The molecular weight excluding hydrogens is 224 g/mol. The Balaban J connectivity index is 2.12. The third-order valence-electron chi connectivity index (χ3n) is 3.53. The van der Waals surface area contributed by atoms with E-state index in [4.69, 9.17) is 5.11 Å². The highest BCUT2D eigenvalue weighted by molar-refractivity contribution is 5.84. The first-order valence-corrected chi connectivity index (χ1v) is 6.38. The SMILES string of the molecule is CC(CO)C(C)NCc1cccc2cnccc12. The summed E-state index contributed by atoms with van der Waals surface area (Å²) in [6.07, 6.45) is 3.71. The first-order chi connectivity index (χ1) is 8.72. The molecule has 1 aromatic carbocycles. The molecule has 0 saturated heterocycles. The minimum absolute atomic E-state index is 0.216. The molecule has 2 atom stereocenters. The number of aliphatic hydroxyl groups is 1. The Morgan fingerprint density at radius 2 is 2.11 bits per heavy atom. The van der Waals surface area contributed by atoms with Gasteiger partial charge in [0.1, 0.15) is 0 Å². The van der Waals surface area contributed by atoms with Gasteiger partial charge >= 0.3 is 0 Å². The molecule has 0 aliphatic carbocycles. The molecule has 18 heavy (non-hydrogen) atoms. The molecule has 0 amide bonds. The van der Waals surface area contributed by atoms with Crippen LogP contribution < -0.4 is 5.32 Å². The molecule has 0 aliphatic rings. The lowest BCUT2D eigenvalue weighted by molar-refractivity contribution is 0.207. The van der Waals surface area contributed by atoms with Gasteiger partial charge in [-0.2, -0.15) is 0 Å². The van der Waals surface area contributed by atoms with Crippen molar-refractivity contribution in [3.05, 3.63) is 42.2 Å². The normalized spacial score (nSPS) is 14.6. The Morgan fingerprint density at radius 3 is 2.89 bits per heavy atom. The van der Waals surface area contributed by atoms with Crippen LogP contribution in [0, 0.1) is 5.92 Å². The number of nitrogens with one attached hydrogen (secondary N) is 1. The van der Waals surface area contributed by atoms with Gasteiger partial charge in [0.25, 0.3) is 0 Å². The molecule has 96 valence electrons. The van der Waals surface area contributed by atoms with E-state index in [1.54, 1.807) is 0 Å². The third-order valence-corrected chi connectivity index (χ3v) is 3.53. The predicted molar refractivity (Wildman–Crippen MR) is 74.3 cm³/mol. The second-order valence-electron chi connectivity index (χ2n) is 4.84. The van der Waals surface area contributed by atoms with Crippen LogP contribution in [0.3, 0.4) is 0 Å². The van der Waals surface area contributed by atoms with E-state index in [0.717, 1.165) is 6.54 Å². The summed E-state index contributed by atoms with van der Waals surface area (Å²) in [4.78, 5) is 4.14. The number of hydrogen-bond donors (Lipinski definition) is 2. The van der Waals surface area contributed by atoms with Crippen molar-refractivity contribution in [1.82, 2.24) is 10.3 Å². The largest absolute Gasteiger partial charge is 0.396 e. The Kier molecular flexibility index (Phi) is 4.28. The van der Waals surface area contributed by atoms with Crippen LogP contribution in [0.4, 0.5) is 0 Å². The van der Waals surface area contributed by atoms with E-state index in [-0.39, 0.29) is 12.5 Å². The fraction of sp³-hybridized carbons (Fsp3) is 0.400. The average Bonchev–Trinajstić information content (AvgIpc) is 2.43. The lowest BCUT2D eigenvalue weighted by Gasteiger charge is -2.19. The molecule has 0 fully saturated rings. The van der Waals surface area contributed by atoms with Crippen molar-refractivity contribution in [2.75, 3.05) is 6.61 Å². The summed E-state index contributed by atoms with van der Waals surface area (Å²) in [7, 11) is 0. The van der Waals surface area contributed by atoms with Crippen molar-refractivity contribution in [2.24, 2.45) is 5.92 Å². The predicted octanol–water partition coefficient (Wildman–Crippen LogP) is 2.34. The Hall–Kier alpha value is -1.45. The lowest BCUT2D eigenvalue weighted by atomic mass is 10.0. The molecule has 2 unspecified atom stereocenters. The third kappa shape index (κ3) is 2.86. The van der Waals surface area contributed by atoms with Gasteiger partial charge in [0, 0.05) is 37.0 Å². The molecule has 0 saturated carbocycles. The molecule has 2 aromatic rings. The molecule has 3 nitrogen and oxygen atoms in total. The Labute approximate surface area is 108 Å². The van der Waals surface area contributed by atoms with Crippen LogP contribution in [0.15, 0.2) is 36.7 Å². The highest BCUT2D eigenvalue weighted by Gasteiger charge is 2.10. The number of nitrogens with zero attached hydrogens (tertiary/aromatic N) is 1. The van der Waals surface area contributed by atoms with E-state index >= 15 is 0 Å². The molecule has 3 heteroatoms. The first-order valence-electron chi connectivity index (χ1n) is 6.38. The summed E-state index contributed by atoms with van der Waals surface area (Å²) >= 11 is 0. The zero-order valence-electron chi connectivity index (χ0n) is 10.9. The van der Waals surface area contributed by atoms with Crippen molar-refractivity contribution in [3.63, 3.8) is 0 Å². The number of fused-ring (bicyclic) bond motifs is 1. The zero-order chi connectivity index (χ0) is 13.0. The van der Waals surface area contributed by atoms with Gasteiger partial charge < -0.3 is 10.4 Å². The number of aliphatic hydroxyl groups excluding tert-OH is 1. The number of rotatable bonds is 5. The maximum Gasteiger partial charge on any atom is 0.0471 e. The zero-order valence-corrected chi connectivity index (χ0v) is 10.9. The monoisotopic (exact) mass is 244 g/mol. The van der Waals surface area contributed by atoms with Gasteiger partial charge in [0.2, 0.25) is 0 Å². The smallest absolute Gasteiger partial charge is 0.0471 e. The van der Waals surface area contributed by atoms with E-state index in [9.17, 15) is 0 Å². The van der Waals surface area contributed by atoms with Gasteiger partial charge in [0.05, 0.1) is 0 Å². The summed E-state index contributed by atoms with van der Waals surface area (Å²) < 4.78 is 0. The summed E-state index contributed by atoms with van der Waals surface area (Å²) in [5.74, 6) is 0.265. The summed E-state index contributed by atoms with van der Waals surface area (Å²) in [6, 6.07) is 8.61. The second-order valence-corrected chi connectivity index (χ2v) is 4.84. The molecule has 0 aliphatic heterocycles. The minimum Gasteiger partial charge on any atom is -0.396 e. The average molecular weight is 244 g/mol. The van der Waals surface area contributed by atoms with Crippen molar-refractivity contribution in [2.45, 2.75) is 26.4 Å². The maximum atomic E-state index is 9.13. The van der Waals surface area contributed by atoms with Crippen molar-refractivity contribution >= 4 is 10.8 Å². The number of aromatic nitrogens is 1. The van der Waals surface area contributed by atoms with Crippen LogP contribution in [-0.4, -0.2) is 22.7 Å². The van der Waals surface area contributed by atoms with Crippen LogP contribution in [-0.2, 0) is 6.54 Å². The standard InChI is InChI=1S/C15H20N2O/c1-11(10-18)12(2)17-9-14-5-3-4-13-8-16-7-6-15(13)14/h3-8,11-12,17-18H,9-10H2,1-2H3. The van der Waals surface area contributed by atoms with E-state index in [0.29, 0.717) is 6.04 Å². The summed E-state index contributed by atoms with van der Waals surface area (Å²) in [5, 5.41) is 15.0. The van der Waals surface area contributed by atoms with Gasteiger partial charge in [-0.25, -0.2) is 0 Å². The van der Waals surface area contributed by atoms with Gasteiger partial charge in [-0.1, -0.05) is 25.1 Å². The maximum absolute atomic E-state index is 9.13. The topological polar surface area (TPSA) is 45.1 Å². The van der Waals surface area contributed by atoms with E-state index in [2.05, 4.69) is 35.4 Å². The van der Waals surface area contributed by atoms with Crippen LogP contribution >= 0.6 is 0 Å². The van der Waals surface area contributed by atoms with E-state index in [1.165, 1.54) is 16.3 Å². The summed E-state index contributed by atoms with van der Waals surface area (Å²) in [6.45, 7) is 5.18. The first kappa shape index (κ1) is 13.0. The number of hydrogen-bond acceptors (Lipinski definition) is 3. The van der Waals surface area contributed by atoms with Crippen molar-refractivity contribution in [1.29, 1.82) is 0 Å². The molecule has 0 radical (unpaired) electrons. The molecule has 2 N–H and O–H groups in total. The van der Waals surface area contributed by atoms with E-state index in [1.807, 2.05) is 25.4 Å². The van der Waals surface area contributed by atoms with Crippen molar-refractivity contribution < 1.29 is 5.11 Å². The van der Waals surface area contributed by atoms with Crippen LogP contribution in [0.5, 0.6) is 0 Å². The molecular formula is C15H20N2O. The highest BCUT2D eigenvalue weighted by atomic mass is 16.3. The van der Waals surface area contributed by atoms with Gasteiger partial charge in [0.15, 0.2) is 0 Å². The van der Waals surface area contributed by atoms with Gasteiger partial charge in [-0.15, -0.1) is 0 Å². The van der Waals surface area contributed by atoms with Crippen LogP contribution in [0.1, 0.15) is 19.4 Å². The van der Waals surface area contributed by atoms with Gasteiger partial charge in [-0.05, 0) is 29.9 Å². The van der Waals surface area contributed by atoms with Crippen molar-refractivity contribution in [3.8, 4) is 0 Å². The number of pyridine rings is 1. The fourth-order valence-corrected chi connectivity index (χ4v) is 1.97. The highest BCUT2D eigenvalue weighted by Crippen LogP contribution is 2.17. The van der Waals surface area contributed by atoms with E-state index < -0.39 is 0 Å². The molecule has 2 rings (SSSR count). The van der Waals surface area contributed by atoms with Crippen LogP contribution in [0.25, 0.3) is 10.8 Å². The van der Waals surface area contributed by atoms with Crippen LogP contribution in [0.2, 0.25) is 0 Å². The van der Waals surface area contributed by atoms with Gasteiger partial charge in [-0.3, -0.25) is 4.98 Å².